The summed E-state index contributed by atoms with van der Waals surface area (Å²) in [5, 5.41) is 0. The van der Waals surface area contributed by atoms with E-state index < -0.39 is 10.0 Å². The highest BCUT2D eigenvalue weighted by Crippen LogP contribution is 2.07. The first-order valence-corrected chi connectivity index (χ1v) is 7.54. The molecule has 92 valence electrons. The second-order valence-electron chi connectivity index (χ2n) is 4.22. The van der Waals surface area contributed by atoms with Crippen molar-refractivity contribution in [2.24, 2.45) is 5.92 Å². The van der Waals surface area contributed by atoms with Gasteiger partial charge >= 0.3 is 0 Å². The van der Waals surface area contributed by atoms with Crippen LogP contribution in [-0.2, 0) is 10.0 Å². The normalized spacial score (nSPS) is 12.7. The topological polar surface area (TPSA) is 37.4 Å². The van der Waals surface area contributed by atoms with Gasteiger partial charge in [0.15, 0.2) is 0 Å². The van der Waals surface area contributed by atoms with Crippen LogP contribution in [0.3, 0.4) is 0 Å². The Hall–Kier alpha value is 0.200. The fourth-order valence-electron chi connectivity index (χ4n) is 1.11. The van der Waals surface area contributed by atoms with E-state index in [1.54, 1.807) is 7.05 Å². The van der Waals surface area contributed by atoms with Gasteiger partial charge < -0.3 is 0 Å². The third kappa shape index (κ3) is 7.14. The van der Waals surface area contributed by atoms with Crippen LogP contribution in [0.4, 0.5) is 0 Å². The first-order chi connectivity index (χ1) is 6.90. The number of hydrogen-bond donors (Lipinski definition) is 0. The van der Waals surface area contributed by atoms with Crippen molar-refractivity contribution in [2.75, 3.05) is 25.2 Å². The number of hydrogen-bond acceptors (Lipinski definition) is 2. The van der Waals surface area contributed by atoms with Gasteiger partial charge in [-0.2, -0.15) is 0 Å². The summed E-state index contributed by atoms with van der Waals surface area (Å²) in [4.78, 5) is 0. The monoisotopic (exact) mass is 255 g/mol. The van der Waals surface area contributed by atoms with E-state index in [9.17, 15) is 8.42 Å². The van der Waals surface area contributed by atoms with Crippen molar-refractivity contribution in [3.8, 4) is 0 Å². The zero-order valence-corrected chi connectivity index (χ0v) is 11.4. The van der Waals surface area contributed by atoms with Crippen molar-refractivity contribution in [3.05, 3.63) is 0 Å². The Bertz CT molecular complexity index is 252. The molecule has 15 heavy (non-hydrogen) atoms. The van der Waals surface area contributed by atoms with E-state index in [-0.39, 0.29) is 5.75 Å². The fraction of sp³-hybridized carbons (Fsp3) is 1.00. The van der Waals surface area contributed by atoms with Gasteiger partial charge in [0.1, 0.15) is 0 Å². The lowest BCUT2D eigenvalue weighted by Gasteiger charge is -2.17. The van der Waals surface area contributed by atoms with Crippen molar-refractivity contribution in [1.82, 2.24) is 4.31 Å². The standard InChI is InChI=1S/C10H22ClNO2S/c1-10(2)6-8-12(3)15(13,14)9-5-4-7-11/h10H,4-9H2,1-3H3. The average Bonchev–Trinajstić information content (AvgIpc) is 2.14. The molecule has 0 aromatic carbocycles. The van der Waals surface area contributed by atoms with Gasteiger partial charge in [-0.15, -0.1) is 11.6 Å². The Morgan fingerprint density at radius 1 is 1.27 bits per heavy atom. The predicted molar refractivity (Wildman–Crippen MR) is 65.8 cm³/mol. The lowest BCUT2D eigenvalue weighted by molar-refractivity contribution is 0.427. The van der Waals surface area contributed by atoms with Gasteiger partial charge in [0.05, 0.1) is 5.75 Å². The number of halogens is 1. The molecule has 0 aromatic heterocycles. The molecule has 0 atom stereocenters. The summed E-state index contributed by atoms with van der Waals surface area (Å²) < 4.78 is 24.9. The smallest absolute Gasteiger partial charge is 0.212 e. The molecule has 0 rings (SSSR count). The predicted octanol–water partition coefficient (Wildman–Crippen LogP) is 2.31. The van der Waals surface area contributed by atoms with E-state index in [0.717, 1.165) is 12.8 Å². The number of sulfonamides is 1. The zero-order chi connectivity index (χ0) is 11.9. The van der Waals surface area contributed by atoms with Gasteiger partial charge in [-0.3, -0.25) is 0 Å². The molecule has 0 aliphatic carbocycles. The number of rotatable bonds is 8. The highest BCUT2D eigenvalue weighted by molar-refractivity contribution is 7.89. The maximum Gasteiger partial charge on any atom is 0.213 e. The molecular weight excluding hydrogens is 234 g/mol. The van der Waals surface area contributed by atoms with Crippen molar-refractivity contribution in [2.45, 2.75) is 33.1 Å². The van der Waals surface area contributed by atoms with Crippen molar-refractivity contribution >= 4 is 21.6 Å². The molecule has 0 bridgehead atoms. The molecule has 5 heteroatoms. The Morgan fingerprint density at radius 3 is 2.33 bits per heavy atom. The molecule has 0 spiro atoms. The van der Waals surface area contributed by atoms with Crippen LogP contribution < -0.4 is 0 Å². The lowest BCUT2D eigenvalue weighted by Crippen LogP contribution is -2.30. The van der Waals surface area contributed by atoms with E-state index in [2.05, 4.69) is 13.8 Å². The molecule has 0 unspecified atom stereocenters. The molecule has 0 radical (unpaired) electrons. The van der Waals surface area contributed by atoms with Crippen LogP contribution in [0.2, 0.25) is 0 Å². The second-order valence-corrected chi connectivity index (χ2v) is 6.79. The maximum absolute atomic E-state index is 11.7. The van der Waals surface area contributed by atoms with Crippen LogP contribution in [0.1, 0.15) is 33.1 Å². The molecule has 0 saturated carbocycles. The van der Waals surface area contributed by atoms with Crippen LogP contribution >= 0.6 is 11.6 Å². The van der Waals surface area contributed by atoms with Gasteiger partial charge in [-0.05, 0) is 25.2 Å². The summed E-state index contributed by atoms with van der Waals surface area (Å²) in [6.07, 6.45) is 2.32. The largest absolute Gasteiger partial charge is 0.213 e. The Kier molecular flexibility index (Phi) is 7.57. The van der Waals surface area contributed by atoms with Crippen molar-refractivity contribution in [3.63, 3.8) is 0 Å². The minimum absolute atomic E-state index is 0.217. The van der Waals surface area contributed by atoms with Crippen LogP contribution in [0.15, 0.2) is 0 Å². The Morgan fingerprint density at radius 2 is 1.87 bits per heavy atom. The highest BCUT2D eigenvalue weighted by atomic mass is 35.5. The molecular formula is C10H22ClNO2S. The summed E-state index contributed by atoms with van der Waals surface area (Å²) in [6, 6.07) is 0. The zero-order valence-electron chi connectivity index (χ0n) is 9.87. The lowest BCUT2D eigenvalue weighted by atomic mass is 10.1. The number of unbranched alkanes of at least 4 members (excludes halogenated alkanes) is 1. The van der Waals surface area contributed by atoms with Crippen LogP contribution in [0.25, 0.3) is 0 Å². The van der Waals surface area contributed by atoms with Crippen LogP contribution in [-0.4, -0.2) is 37.9 Å². The van der Waals surface area contributed by atoms with Gasteiger partial charge in [0.2, 0.25) is 10.0 Å². The average molecular weight is 256 g/mol. The summed E-state index contributed by atoms with van der Waals surface area (Å²) in [5.74, 6) is 1.28. The molecule has 0 amide bonds. The molecule has 0 saturated heterocycles. The number of nitrogens with zero attached hydrogens (tertiary/aromatic N) is 1. The first kappa shape index (κ1) is 15.2. The third-order valence-corrected chi connectivity index (χ3v) is 4.49. The highest BCUT2D eigenvalue weighted by Gasteiger charge is 2.16. The molecule has 0 aromatic rings. The molecule has 0 heterocycles. The minimum atomic E-state index is -3.05. The summed E-state index contributed by atoms with van der Waals surface area (Å²) >= 11 is 5.50. The minimum Gasteiger partial charge on any atom is -0.212 e. The molecule has 0 aliphatic heterocycles. The van der Waals surface area contributed by atoms with Crippen molar-refractivity contribution < 1.29 is 8.42 Å². The van der Waals surface area contributed by atoms with Crippen molar-refractivity contribution in [1.29, 1.82) is 0 Å². The van der Waals surface area contributed by atoms with Gasteiger partial charge in [0.25, 0.3) is 0 Å². The van der Waals surface area contributed by atoms with E-state index in [1.165, 1.54) is 4.31 Å². The van der Waals surface area contributed by atoms with Crippen LogP contribution in [0, 0.1) is 5.92 Å². The second kappa shape index (κ2) is 7.47. The third-order valence-electron chi connectivity index (χ3n) is 2.28. The molecule has 3 nitrogen and oxygen atoms in total. The Labute approximate surface area is 98.8 Å². The molecule has 0 fully saturated rings. The van der Waals surface area contributed by atoms with E-state index in [1.807, 2.05) is 0 Å². The van der Waals surface area contributed by atoms with E-state index >= 15 is 0 Å². The van der Waals surface area contributed by atoms with Gasteiger partial charge in [-0.1, -0.05) is 13.8 Å². The van der Waals surface area contributed by atoms with E-state index in [4.69, 9.17) is 11.6 Å². The molecule has 0 aliphatic rings. The SMILES string of the molecule is CC(C)CCN(C)S(=O)(=O)CCCCCl. The quantitative estimate of drug-likeness (QED) is 0.493. The fourth-order valence-corrected chi connectivity index (χ4v) is 2.57. The summed E-state index contributed by atoms with van der Waals surface area (Å²) in [7, 11) is -1.40. The Balaban J connectivity index is 3.97. The van der Waals surface area contributed by atoms with E-state index in [0.29, 0.717) is 24.8 Å². The first-order valence-electron chi connectivity index (χ1n) is 5.40. The number of alkyl halides is 1. The summed E-state index contributed by atoms with van der Waals surface area (Å²) in [6.45, 7) is 4.79. The maximum atomic E-state index is 11.7. The molecule has 0 N–H and O–H groups in total. The summed E-state index contributed by atoms with van der Waals surface area (Å²) in [5.41, 5.74) is 0. The van der Waals surface area contributed by atoms with Gasteiger partial charge in [0, 0.05) is 19.5 Å². The van der Waals surface area contributed by atoms with Crippen LogP contribution in [0.5, 0.6) is 0 Å². The van der Waals surface area contributed by atoms with Gasteiger partial charge in [-0.25, -0.2) is 12.7 Å².